The molecule has 0 aliphatic rings. The maximum Gasteiger partial charge on any atom is 0.168 e. The molecule has 1 heterocycles. The van der Waals surface area contributed by atoms with Crippen LogP contribution in [-0.2, 0) is 6.42 Å². The van der Waals surface area contributed by atoms with E-state index < -0.39 is 11.6 Å². The Morgan fingerprint density at radius 1 is 1.05 bits per heavy atom. The minimum Gasteiger partial charge on any atom is -0.294 e. The Morgan fingerprint density at radius 2 is 1.86 bits per heavy atom. The number of hydrogen-bond donors (Lipinski definition) is 0. The first-order chi connectivity index (χ1) is 10.1. The number of nitrogens with zero attached hydrogens (tertiary/aromatic N) is 1. The second kappa shape index (κ2) is 5.40. The third-order valence-corrected chi connectivity index (χ3v) is 3.28. The van der Waals surface area contributed by atoms with Gasteiger partial charge in [-0.05, 0) is 23.8 Å². The van der Waals surface area contributed by atoms with Crippen molar-refractivity contribution in [3.63, 3.8) is 0 Å². The van der Waals surface area contributed by atoms with Crippen LogP contribution in [0.4, 0.5) is 8.78 Å². The maximum atomic E-state index is 13.6. The monoisotopic (exact) mass is 283 g/mol. The molecule has 0 unspecified atom stereocenters. The zero-order valence-electron chi connectivity index (χ0n) is 11.0. The first-order valence-electron chi connectivity index (χ1n) is 6.45. The van der Waals surface area contributed by atoms with Crippen molar-refractivity contribution in [2.45, 2.75) is 6.42 Å². The van der Waals surface area contributed by atoms with E-state index >= 15 is 0 Å². The Hall–Kier alpha value is -2.62. The number of ketones is 1. The third kappa shape index (κ3) is 2.79. The maximum absolute atomic E-state index is 13.6. The molecule has 4 heteroatoms. The summed E-state index contributed by atoms with van der Waals surface area (Å²) in [6.07, 6.45) is 1.36. The molecule has 0 N–H and O–H groups in total. The predicted molar refractivity (Wildman–Crippen MR) is 76.1 cm³/mol. The van der Waals surface area contributed by atoms with Gasteiger partial charge in [0.25, 0.3) is 0 Å². The van der Waals surface area contributed by atoms with E-state index in [2.05, 4.69) is 4.98 Å². The molecule has 0 atom stereocenters. The number of carbonyl (C=O) groups excluding carboxylic acids is 1. The molecule has 104 valence electrons. The minimum atomic E-state index is -0.711. The van der Waals surface area contributed by atoms with Gasteiger partial charge in [0.1, 0.15) is 11.6 Å². The number of rotatable bonds is 3. The summed E-state index contributed by atoms with van der Waals surface area (Å²) in [6.45, 7) is 0. The van der Waals surface area contributed by atoms with Gasteiger partial charge in [-0.1, -0.05) is 24.3 Å². The second-order valence-electron chi connectivity index (χ2n) is 4.75. The molecule has 0 aliphatic heterocycles. The summed E-state index contributed by atoms with van der Waals surface area (Å²) < 4.78 is 26.4. The van der Waals surface area contributed by atoms with Gasteiger partial charge in [0.05, 0.1) is 5.52 Å². The minimum absolute atomic E-state index is 0.119. The van der Waals surface area contributed by atoms with E-state index in [-0.39, 0.29) is 17.8 Å². The predicted octanol–water partition coefficient (Wildman–Crippen LogP) is 3.94. The number of fused-ring (bicyclic) bond motifs is 1. The van der Waals surface area contributed by atoms with Gasteiger partial charge in [0.15, 0.2) is 5.78 Å². The lowest BCUT2D eigenvalue weighted by Crippen LogP contribution is -2.06. The Kier molecular flexibility index (Phi) is 3.44. The lowest BCUT2D eigenvalue weighted by atomic mass is 10.0. The zero-order valence-corrected chi connectivity index (χ0v) is 11.0. The van der Waals surface area contributed by atoms with Crippen molar-refractivity contribution in [3.8, 4) is 0 Å². The van der Waals surface area contributed by atoms with E-state index in [1.54, 1.807) is 6.07 Å². The smallest absolute Gasteiger partial charge is 0.168 e. The standard InChI is InChI=1S/C17H11F2NO/c18-14-6-5-11(15(19)9-14)8-17(21)13-7-12-3-1-2-4-16(12)20-10-13/h1-7,9-10H,8H2. The van der Waals surface area contributed by atoms with E-state index in [1.165, 1.54) is 12.3 Å². The molecular weight excluding hydrogens is 272 g/mol. The van der Waals surface area contributed by atoms with Crippen LogP contribution < -0.4 is 0 Å². The van der Waals surface area contributed by atoms with Crippen LogP contribution in [0.15, 0.2) is 54.7 Å². The van der Waals surface area contributed by atoms with E-state index in [1.807, 2.05) is 24.3 Å². The van der Waals surface area contributed by atoms with Crippen molar-refractivity contribution in [2.24, 2.45) is 0 Å². The molecule has 0 fully saturated rings. The fourth-order valence-corrected chi connectivity index (χ4v) is 2.16. The number of para-hydroxylation sites is 1. The molecule has 0 aliphatic carbocycles. The summed E-state index contributed by atoms with van der Waals surface area (Å²) in [5.74, 6) is -1.62. The molecule has 0 radical (unpaired) electrons. The van der Waals surface area contributed by atoms with Crippen molar-refractivity contribution >= 4 is 16.7 Å². The van der Waals surface area contributed by atoms with Gasteiger partial charge < -0.3 is 0 Å². The average molecular weight is 283 g/mol. The Balaban J connectivity index is 1.89. The van der Waals surface area contributed by atoms with Gasteiger partial charge in [0, 0.05) is 29.6 Å². The fourth-order valence-electron chi connectivity index (χ4n) is 2.16. The molecule has 2 nitrogen and oxygen atoms in total. The van der Waals surface area contributed by atoms with Crippen LogP contribution in [0.3, 0.4) is 0 Å². The SMILES string of the molecule is O=C(Cc1ccc(F)cc1F)c1cnc2ccccc2c1. The van der Waals surface area contributed by atoms with E-state index in [4.69, 9.17) is 0 Å². The summed E-state index contributed by atoms with van der Waals surface area (Å²) in [6, 6.07) is 12.4. The molecule has 3 rings (SSSR count). The Morgan fingerprint density at radius 3 is 2.67 bits per heavy atom. The number of aromatic nitrogens is 1. The van der Waals surface area contributed by atoms with E-state index in [9.17, 15) is 13.6 Å². The second-order valence-corrected chi connectivity index (χ2v) is 4.75. The summed E-state index contributed by atoms with van der Waals surface area (Å²) >= 11 is 0. The lowest BCUT2D eigenvalue weighted by Gasteiger charge is -2.04. The highest BCUT2D eigenvalue weighted by Gasteiger charge is 2.12. The lowest BCUT2D eigenvalue weighted by molar-refractivity contribution is 0.0991. The summed E-state index contributed by atoms with van der Waals surface area (Å²) in [5, 5.41) is 0.850. The number of carbonyl (C=O) groups is 1. The van der Waals surface area contributed by atoms with E-state index in [0.717, 1.165) is 23.0 Å². The molecule has 1 aromatic heterocycles. The summed E-state index contributed by atoms with van der Waals surface area (Å²) in [5.41, 5.74) is 1.38. The quantitative estimate of drug-likeness (QED) is 0.681. The van der Waals surface area contributed by atoms with Crippen LogP contribution >= 0.6 is 0 Å². The number of hydrogen-bond acceptors (Lipinski definition) is 2. The molecule has 0 saturated carbocycles. The molecule has 21 heavy (non-hydrogen) atoms. The molecule has 0 saturated heterocycles. The Bertz CT molecular complexity index is 830. The van der Waals surface area contributed by atoms with Gasteiger partial charge in [-0.15, -0.1) is 0 Å². The summed E-state index contributed by atoms with van der Waals surface area (Å²) in [7, 11) is 0. The Labute approximate surface area is 120 Å². The van der Waals surface area contributed by atoms with Gasteiger partial charge in [-0.2, -0.15) is 0 Å². The van der Waals surface area contributed by atoms with Crippen molar-refractivity contribution in [2.75, 3.05) is 0 Å². The van der Waals surface area contributed by atoms with Crippen LogP contribution in [0.2, 0.25) is 0 Å². The highest BCUT2D eigenvalue weighted by Crippen LogP contribution is 2.16. The largest absolute Gasteiger partial charge is 0.294 e. The first-order valence-corrected chi connectivity index (χ1v) is 6.45. The number of benzene rings is 2. The molecule has 0 amide bonds. The third-order valence-electron chi connectivity index (χ3n) is 3.28. The summed E-state index contributed by atoms with van der Waals surface area (Å²) in [4.78, 5) is 16.4. The van der Waals surface area contributed by atoms with Crippen molar-refractivity contribution in [1.29, 1.82) is 0 Å². The van der Waals surface area contributed by atoms with Gasteiger partial charge in [-0.25, -0.2) is 8.78 Å². The van der Waals surface area contributed by atoms with Gasteiger partial charge >= 0.3 is 0 Å². The normalized spacial score (nSPS) is 10.8. The van der Waals surface area contributed by atoms with Crippen LogP contribution in [0.5, 0.6) is 0 Å². The van der Waals surface area contributed by atoms with Crippen LogP contribution in [0, 0.1) is 11.6 Å². The van der Waals surface area contributed by atoms with Gasteiger partial charge in [0.2, 0.25) is 0 Å². The molecule has 2 aromatic carbocycles. The van der Waals surface area contributed by atoms with Gasteiger partial charge in [-0.3, -0.25) is 9.78 Å². The van der Waals surface area contributed by atoms with Crippen LogP contribution in [0.1, 0.15) is 15.9 Å². The zero-order chi connectivity index (χ0) is 14.8. The number of halogens is 2. The highest BCUT2D eigenvalue weighted by molar-refractivity contribution is 5.99. The van der Waals surface area contributed by atoms with E-state index in [0.29, 0.717) is 5.56 Å². The first kappa shape index (κ1) is 13.4. The molecular formula is C17H11F2NO. The van der Waals surface area contributed by atoms with Crippen molar-refractivity contribution in [3.05, 3.63) is 77.5 Å². The van der Waals surface area contributed by atoms with Crippen LogP contribution in [-0.4, -0.2) is 10.8 Å². The van der Waals surface area contributed by atoms with Crippen LogP contribution in [0.25, 0.3) is 10.9 Å². The average Bonchev–Trinajstić information content (AvgIpc) is 2.49. The van der Waals surface area contributed by atoms with Crippen molar-refractivity contribution in [1.82, 2.24) is 4.98 Å². The fraction of sp³-hybridized carbons (Fsp3) is 0.0588. The number of Topliss-reactive ketones (excluding diaryl/α,β-unsaturated/α-hetero) is 1. The molecule has 3 aromatic rings. The highest BCUT2D eigenvalue weighted by atomic mass is 19.1. The number of pyridine rings is 1. The molecule has 0 spiro atoms. The van der Waals surface area contributed by atoms with Crippen molar-refractivity contribution < 1.29 is 13.6 Å². The topological polar surface area (TPSA) is 30.0 Å². The molecule has 0 bridgehead atoms.